The normalized spacial score (nSPS) is 12.2. The van der Waals surface area contributed by atoms with Gasteiger partial charge in [0, 0.05) is 28.2 Å². The van der Waals surface area contributed by atoms with Gasteiger partial charge in [0.15, 0.2) is 0 Å². The van der Waals surface area contributed by atoms with Gasteiger partial charge in [0.1, 0.15) is 18.3 Å². The van der Waals surface area contributed by atoms with E-state index < -0.39 is 34.4 Å². The zero-order chi connectivity index (χ0) is 25.6. The quantitative estimate of drug-likeness (QED) is 0.506. The van der Waals surface area contributed by atoms with E-state index in [-0.39, 0.29) is 24.0 Å². The highest BCUT2D eigenvalue weighted by Crippen LogP contribution is 2.30. The van der Waals surface area contributed by atoms with Crippen LogP contribution < -0.4 is 14.4 Å². The molecule has 8 nitrogen and oxygen atoms in total. The number of hydrogen-bond acceptors (Lipinski definition) is 5. The molecule has 0 saturated heterocycles. The first-order valence-electron chi connectivity index (χ1n) is 10.5. The van der Waals surface area contributed by atoms with Crippen LogP contribution in [0.4, 0.5) is 5.69 Å². The SMILES string of the molecule is COc1ccccc1N(CC(=O)N(Cc1c(Cl)cccc1Cl)C(C)C(=O)NC(C)C)S(C)(=O)=O. The lowest BCUT2D eigenvalue weighted by atomic mass is 10.1. The molecule has 1 atom stereocenters. The fraction of sp³-hybridized carbons (Fsp3) is 0.391. The van der Waals surface area contributed by atoms with Gasteiger partial charge in [-0.05, 0) is 45.0 Å². The molecule has 2 amide bonds. The monoisotopic (exact) mass is 529 g/mol. The molecule has 1 N–H and O–H groups in total. The Morgan fingerprint density at radius 2 is 1.62 bits per heavy atom. The number of ether oxygens (including phenoxy) is 1. The molecule has 0 spiro atoms. The summed E-state index contributed by atoms with van der Waals surface area (Å²) in [5.41, 5.74) is 0.655. The first kappa shape index (κ1) is 27.8. The summed E-state index contributed by atoms with van der Waals surface area (Å²) < 4.78 is 31.5. The second-order valence-corrected chi connectivity index (χ2v) is 10.7. The van der Waals surface area contributed by atoms with Gasteiger partial charge in [-0.3, -0.25) is 13.9 Å². The van der Waals surface area contributed by atoms with Crippen molar-refractivity contribution >= 4 is 50.7 Å². The van der Waals surface area contributed by atoms with Crippen LogP contribution in [0.3, 0.4) is 0 Å². The largest absolute Gasteiger partial charge is 0.495 e. The molecule has 0 heterocycles. The number of halogens is 2. The number of methoxy groups -OCH3 is 1. The van der Waals surface area contributed by atoms with E-state index in [2.05, 4.69) is 5.32 Å². The van der Waals surface area contributed by atoms with E-state index in [1.54, 1.807) is 57.2 Å². The third-order valence-corrected chi connectivity index (χ3v) is 6.86. The Balaban J connectivity index is 2.49. The lowest BCUT2D eigenvalue weighted by Gasteiger charge is -2.32. The maximum absolute atomic E-state index is 13.5. The van der Waals surface area contributed by atoms with Gasteiger partial charge in [-0.25, -0.2) is 8.42 Å². The van der Waals surface area contributed by atoms with E-state index in [9.17, 15) is 18.0 Å². The highest BCUT2D eigenvalue weighted by Gasteiger charge is 2.32. The lowest BCUT2D eigenvalue weighted by molar-refractivity contribution is -0.139. The third-order valence-electron chi connectivity index (χ3n) is 5.02. The molecule has 1 unspecified atom stereocenters. The number of amides is 2. The zero-order valence-electron chi connectivity index (χ0n) is 19.7. The maximum atomic E-state index is 13.5. The van der Waals surface area contributed by atoms with Crippen LogP contribution in [0.15, 0.2) is 42.5 Å². The Bertz CT molecular complexity index is 1120. The molecule has 0 radical (unpaired) electrons. The van der Waals surface area contributed by atoms with Gasteiger partial charge < -0.3 is 15.0 Å². The van der Waals surface area contributed by atoms with Crippen LogP contribution in [0.1, 0.15) is 26.3 Å². The summed E-state index contributed by atoms with van der Waals surface area (Å²) in [4.78, 5) is 27.6. The molecule has 186 valence electrons. The second kappa shape index (κ2) is 11.8. The topological polar surface area (TPSA) is 96.0 Å². The van der Waals surface area contributed by atoms with Gasteiger partial charge in [0.25, 0.3) is 0 Å². The van der Waals surface area contributed by atoms with Crippen LogP contribution in [-0.2, 0) is 26.2 Å². The summed E-state index contributed by atoms with van der Waals surface area (Å²) in [7, 11) is -2.47. The van der Waals surface area contributed by atoms with Gasteiger partial charge >= 0.3 is 0 Å². The summed E-state index contributed by atoms with van der Waals surface area (Å²) in [5, 5.41) is 3.43. The van der Waals surface area contributed by atoms with Crippen LogP contribution in [0.25, 0.3) is 0 Å². The standard InChI is InChI=1S/C23H29Cl2N3O5S/c1-15(2)26-23(30)16(3)27(13-17-18(24)9-8-10-19(17)25)22(29)14-28(34(5,31)32)20-11-6-7-12-21(20)33-4/h6-12,15-16H,13-14H2,1-5H3,(H,26,30). The summed E-state index contributed by atoms with van der Waals surface area (Å²) in [6.45, 7) is 4.52. The number of hydrogen-bond donors (Lipinski definition) is 1. The number of carbonyl (C=O) groups is 2. The van der Waals surface area contributed by atoms with E-state index in [0.717, 1.165) is 10.6 Å². The highest BCUT2D eigenvalue weighted by molar-refractivity contribution is 7.92. The van der Waals surface area contributed by atoms with Crippen molar-refractivity contribution in [1.29, 1.82) is 0 Å². The number of nitrogens with zero attached hydrogens (tertiary/aromatic N) is 2. The second-order valence-electron chi connectivity index (χ2n) is 8.00. The zero-order valence-corrected chi connectivity index (χ0v) is 22.0. The van der Waals surface area contributed by atoms with Crippen LogP contribution in [0, 0.1) is 0 Å². The molecule has 34 heavy (non-hydrogen) atoms. The van der Waals surface area contributed by atoms with Crippen molar-refractivity contribution in [3.05, 3.63) is 58.1 Å². The molecule has 0 aliphatic rings. The number of sulfonamides is 1. The maximum Gasteiger partial charge on any atom is 0.244 e. The smallest absolute Gasteiger partial charge is 0.244 e. The summed E-state index contributed by atoms with van der Waals surface area (Å²) in [6.07, 6.45) is 0.997. The molecule has 0 aliphatic heterocycles. The van der Waals surface area contributed by atoms with Crippen molar-refractivity contribution in [2.24, 2.45) is 0 Å². The number of benzene rings is 2. The molecule has 0 fully saturated rings. The van der Waals surface area contributed by atoms with Gasteiger partial charge in [0.2, 0.25) is 21.8 Å². The van der Waals surface area contributed by atoms with Crippen molar-refractivity contribution in [2.45, 2.75) is 39.4 Å². The van der Waals surface area contributed by atoms with E-state index in [1.165, 1.54) is 18.1 Å². The van der Waals surface area contributed by atoms with Crippen molar-refractivity contribution < 1.29 is 22.7 Å². The van der Waals surface area contributed by atoms with Gasteiger partial charge in [0.05, 0.1) is 19.1 Å². The van der Waals surface area contributed by atoms with Gasteiger partial charge in [-0.15, -0.1) is 0 Å². The summed E-state index contributed by atoms with van der Waals surface area (Å²) >= 11 is 12.6. The molecule has 2 rings (SSSR count). The fourth-order valence-corrected chi connectivity index (χ4v) is 4.64. The number of nitrogens with one attached hydrogen (secondary N) is 1. The predicted octanol–water partition coefficient (Wildman–Crippen LogP) is 3.71. The summed E-state index contributed by atoms with van der Waals surface area (Å²) in [6, 6.07) is 10.3. The molecule has 0 aliphatic carbocycles. The van der Waals surface area contributed by atoms with Gasteiger partial charge in [-0.2, -0.15) is 0 Å². The minimum absolute atomic E-state index is 0.0897. The fourth-order valence-electron chi connectivity index (χ4n) is 3.27. The van der Waals surface area contributed by atoms with Crippen LogP contribution >= 0.6 is 23.2 Å². The van der Waals surface area contributed by atoms with E-state index in [1.807, 2.05) is 0 Å². The minimum atomic E-state index is -3.88. The third kappa shape index (κ3) is 7.01. The average Bonchev–Trinajstić information content (AvgIpc) is 2.75. The highest BCUT2D eigenvalue weighted by atomic mass is 35.5. The summed E-state index contributed by atoms with van der Waals surface area (Å²) in [5.74, 6) is -0.722. The Morgan fingerprint density at radius 3 is 2.15 bits per heavy atom. The first-order chi connectivity index (χ1) is 15.9. The Kier molecular flexibility index (Phi) is 9.61. The number of anilines is 1. The molecule has 0 aromatic heterocycles. The van der Waals surface area contributed by atoms with E-state index >= 15 is 0 Å². The number of rotatable bonds is 10. The molecular weight excluding hydrogens is 501 g/mol. The van der Waals surface area contributed by atoms with Crippen molar-refractivity contribution in [3.63, 3.8) is 0 Å². The molecule has 11 heteroatoms. The molecule has 2 aromatic carbocycles. The molecule has 0 saturated carbocycles. The van der Waals surface area contributed by atoms with E-state index in [4.69, 9.17) is 27.9 Å². The molecule has 2 aromatic rings. The van der Waals surface area contributed by atoms with Crippen LogP contribution in [-0.4, -0.2) is 57.1 Å². The van der Waals surface area contributed by atoms with Crippen molar-refractivity contribution in [3.8, 4) is 5.75 Å². The first-order valence-corrected chi connectivity index (χ1v) is 13.1. The van der Waals surface area contributed by atoms with E-state index in [0.29, 0.717) is 15.6 Å². The number of carbonyl (C=O) groups excluding carboxylic acids is 2. The Labute approximate surface area is 210 Å². The minimum Gasteiger partial charge on any atom is -0.495 e. The Morgan fingerprint density at radius 1 is 1.03 bits per heavy atom. The Hall–Kier alpha value is -2.49. The van der Waals surface area contributed by atoms with Gasteiger partial charge in [-0.1, -0.05) is 41.4 Å². The molecule has 0 bridgehead atoms. The van der Waals surface area contributed by atoms with Crippen molar-refractivity contribution in [2.75, 3.05) is 24.2 Å². The van der Waals surface area contributed by atoms with Crippen LogP contribution in [0.5, 0.6) is 5.75 Å². The van der Waals surface area contributed by atoms with Crippen molar-refractivity contribution in [1.82, 2.24) is 10.2 Å². The number of para-hydroxylation sites is 2. The lowest BCUT2D eigenvalue weighted by Crippen LogP contribution is -2.52. The van der Waals surface area contributed by atoms with Crippen LogP contribution in [0.2, 0.25) is 10.0 Å². The average molecular weight is 530 g/mol. The predicted molar refractivity (Wildman–Crippen MR) is 135 cm³/mol. The molecular formula is C23H29Cl2N3O5S.